The van der Waals surface area contributed by atoms with Gasteiger partial charge in [-0.1, -0.05) is 32.6 Å². The third-order valence-electron chi connectivity index (χ3n) is 2.24. The second-order valence-corrected chi connectivity index (χ2v) is 4.35. The van der Waals surface area contributed by atoms with Gasteiger partial charge in [0.1, 0.15) is 0 Å². The van der Waals surface area contributed by atoms with Crippen LogP contribution in [0, 0.1) is 0 Å². The van der Waals surface area contributed by atoms with Crippen LogP contribution in [-0.2, 0) is 9.53 Å². The van der Waals surface area contributed by atoms with Crippen molar-refractivity contribution in [1.82, 2.24) is 4.90 Å². The number of rotatable bonds is 9. The maximum Gasteiger partial charge on any atom is 0.303 e. The molecule has 104 valence electrons. The largest absolute Gasteiger partial charge is 0.481 e. The van der Waals surface area contributed by atoms with Crippen molar-refractivity contribution in [2.45, 2.75) is 45.4 Å². The number of carboxylic acid groups (broad SMARTS) is 1. The summed E-state index contributed by atoms with van der Waals surface area (Å²) in [4.78, 5) is 12.1. The van der Waals surface area contributed by atoms with E-state index >= 15 is 0 Å². The first-order valence-corrected chi connectivity index (χ1v) is 6.40. The number of aliphatic carboxylic acids is 1. The third kappa shape index (κ3) is 25.6. The smallest absolute Gasteiger partial charge is 0.303 e. The summed E-state index contributed by atoms with van der Waals surface area (Å²) in [7, 11) is 5.77. The Kier molecular flexibility index (Phi) is 17.0. The van der Waals surface area contributed by atoms with Crippen LogP contribution < -0.4 is 0 Å². The van der Waals surface area contributed by atoms with Crippen molar-refractivity contribution in [2.75, 3.05) is 34.4 Å². The monoisotopic (exact) mass is 247 g/mol. The Morgan fingerprint density at radius 3 is 2.12 bits per heavy atom. The van der Waals surface area contributed by atoms with Gasteiger partial charge in [-0.2, -0.15) is 0 Å². The van der Waals surface area contributed by atoms with Crippen molar-refractivity contribution in [3.05, 3.63) is 0 Å². The molecule has 0 aromatic heterocycles. The highest BCUT2D eigenvalue weighted by atomic mass is 16.5. The zero-order chi connectivity index (χ0) is 13.5. The summed E-state index contributed by atoms with van der Waals surface area (Å²) < 4.78 is 4.81. The van der Waals surface area contributed by atoms with E-state index in [9.17, 15) is 4.79 Å². The van der Waals surface area contributed by atoms with Gasteiger partial charge in [-0.3, -0.25) is 4.79 Å². The van der Waals surface area contributed by atoms with E-state index in [0.29, 0.717) is 6.42 Å². The molecule has 0 saturated carbocycles. The van der Waals surface area contributed by atoms with Crippen LogP contribution in [-0.4, -0.2) is 50.3 Å². The second-order valence-electron chi connectivity index (χ2n) is 4.35. The van der Waals surface area contributed by atoms with Gasteiger partial charge in [-0.15, -0.1) is 0 Å². The molecule has 4 heteroatoms. The zero-order valence-electron chi connectivity index (χ0n) is 11.9. The predicted octanol–water partition coefficient (Wildman–Crippen LogP) is 2.63. The Hall–Kier alpha value is -0.610. The van der Waals surface area contributed by atoms with Gasteiger partial charge in [-0.05, 0) is 20.5 Å². The number of carboxylic acids is 1. The summed E-state index contributed by atoms with van der Waals surface area (Å²) in [6.45, 7) is 3.99. The van der Waals surface area contributed by atoms with Crippen molar-refractivity contribution in [3.63, 3.8) is 0 Å². The lowest BCUT2D eigenvalue weighted by atomic mass is 10.1. The van der Waals surface area contributed by atoms with E-state index in [-0.39, 0.29) is 0 Å². The lowest BCUT2D eigenvalue weighted by Crippen LogP contribution is -2.16. The fourth-order valence-electron chi connectivity index (χ4n) is 1.15. The average molecular weight is 247 g/mol. The Balaban J connectivity index is 0. The van der Waals surface area contributed by atoms with Gasteiger partial charge in [-0.25, -0.2) is 0 Å². The maximum atomic E-state index is 10.0. The van der Waals surface area contributed by atoms with Gasteiger partial charge in [0.2, 0.25) is 0 Å². The number of carbonyl (C=O) groups is 1. The molecule has 0 aliphatic heterocycles. The number of unbranched alkanes of at least 4 members (excludes halogenated alkanes) is 4. The van der Waals surface area contributed by atoms with Crippen molar-refractivity contribution in [1.29, 1.82) is 0 Å². The molecular formula is C13H29NO3. The molecule has 0 fully saturated rings. The quantitative estimate of drug-likeness (QED) is 0.636. The number of likely N-dealkylation sites (N-methyl/N-ethyl adjacent to an activating group) is 1. The lowest BCUT2D eigenvalue weighted by Gasteiger charge is -2.06. The fraction of sp³-hybridized carbons (Fsp3) is 0.923. The Morgan fingerprint density at radius 2 is 1.76 bits per heavy atom. The fourth-order valence-corrected chi connectivity index (χ4v) is 1.15. The van der Waals surface area contributed by atoms with Crippen LogP contribution in [0.1, 0.15) is 45.4 Å². The highest BCUT2D eigenvalue weighted by Crippen LogP contribution is 2.04. The van der Waals surface area contributed by atoms with Gasteiger partial charge >= 0.3 is 5.97 Å². The molecule has 0 bridgehead atoms. The third-order valence-corrected chi connectivity index (χ3v) is 2.24. The number of hydrogen-bond acceptors (Lipinski definition) is 3. The minimum atomic E-state index is -0.670. The van der Waals surface area contributed by atoms with Crippen molar-refractivity contribution >= 4 is 5.97 Å². The van der Waals surface area contributed by atoms with Gasteiger partial charge < -0.3 is 14.7 Å². The standard InChI is InChI=1S/C8H16O2.C5H13NO/c1-2-3-4-5-6-7-8(9)10;1-6(2)4-5-7-3/h2-7H2,1H3,(H,9,10);4-5H2,1-3H3. The van der Waals surface area contributed by atoms with Crippen LogP contribution >= 0.6 is 0 Å². The Morgan fingerprint density at radius 1 is 1.18 bits per heavy atom. The highest BCUT2D eigenvalue weighted by molar-refractivity contribution is 5.66. The number of hydrogen-bond donors (Lipinski definition) is 1. The van der Waals surface area contributed by atoms with Crippen LogP contribution in [0.2, 0.25) is 0 Å². The Labute approximate surface area is 106 Å². The van der Waals surface area contributed by atoms with E-state index in [0.717, 1.165) is 26.0 Å². The molecule has 17 heavy (non-hydrogen) atoms. The molecule has 1 N–H and O–H groups in total. The summed E-state index contributed by atoms with van der Waals surface area (Å²) in [5.41, 5.74) is 0. The van der Waals surface area contributed by atoms with Crippen molar-refractivity contribution in [3.8, 4) is 0 Å². The van der Waals surface area contributed by atoms with E-state index in [1.165, 1.54) is 19.3 Å². The molecule has 0 rings (SSSR count). The first-order valence-electron chi connectivity index (χ1n) is 6.40. The SMILES string of the molecule is CCCCCCCC(=O)O.COCCN(C)C. The first-order chi connectivity index (χ1) is 8.04. The molecule has 0 aromatic rings. The van der Waals surface area contributed by atoms with Gasteiger partial charge in [0, 0.05) is 20.1 Å². The summed E-state index contributed by atoms with van der Waals surface area (Å²) in [5, 5.41) is 8.27. The van der Waals surface area contributed by atoms with Crippen molar-refractivity contribution < 1.29 is 14.6 Å². The van der Waals surface area contributed by atoms with Crippen LogP contribution in [0.25, 0.3) is 0 Å². The minimum absolute atomic E-state index is 0.337. The van der Waals surface area contributed by atoms with Gasteiger partial charge in [0.25, 0.3) is 0 Å². The molecule has 0 aliphatic carbocycles. The van der Waals surface area contributed by atoms with Crippen LogP contribution in [0.15, 0.2) is 0 Å². The van der Waals surface area contributed by atoms with E-state index in [4.69, 9.17) is 9.84 Å². The summed E-state index contributed by atoms with van der Waals surface area (Å²) in [6.07, 6.45) is 5.88. The molecule has 0 heterocycles. The molecule has 0 unspecified atom stereocenters. The molecule has 0 saturated heterocycles. The van der Waals surface area contributed by atoms with Crippen molar-refractivity contribution in [2.24, 2.45) is 0 Å². The summed E-state index contributed by atoms with van der Waals surface area (Å²) in [6, 6.07) is 0. The van der Waals surface area contributed by atoms with E-state index < -0.39 is 5.97 Å². The van der Waals surface area contributed by atoms with Crippen LogP contribution in [0.5, 0.6) is 0 Å². The molecule has 0 atom stereocenters. The van der Waals surface area contributed by atoms with Crippen LogP contribution in [0.3, 0.4) is 0 Å². The lowest BCUT2D eigenvalue weighted by molar-refractivity contribution is -0.137. The molecule has 0 aliphatic rings. The second kappa shape index (κ2) is 15.4. The maximum absolute atomic E-state index is 10.0. The zero-order valence-corrected chi connectivity index (χ0v) is 11.9. The topological polar surface area (TPSA) is 49.8 Å². The van der Waals surface area contributed by atoms with Gasteiger partial charge in [0.15, 0.2) is 0 Å². The molecule has 0 radical (unpaired) electrons. The van der Waals surface area contributed by atoms with Gasteiger partial charge in [0.05, 0.1) is 6.61 Å². The van der Waals surface area contributed by atoms with E-state index in [1.807, 2.05) is 14.1 Å². The minimum Gasteiger partial charge on any atom is -0.481 e. The number of methoxy groups -OCH3 is 1. The number of nitrogens with zero attached hydrogens (tertiary/aromatic N) is 1. The van der Waals surface area contributed by atoms with E-state index in [1.54, 1.807) is 7.11 Å². The highest BCUT2D eigenvalue weighted by Gasteiger charge is 1.94. The molecule has 0 spiro atoms. The summed E-state index contributed by atoms with van der Waals surface area (Å²) in [5.74, 6) is -0.670. The first kappa shape index (κ1) is 18.7. The molecule has 4 nitrogen and oxygen atoms in total. The molecular weight excluding hydrogens is 218 g/mol. The Bertz CT molecular complexity index is 161. The van der Waals surface area contributed by atoms with Crippen LogP contribution in [0.4, 0.5) is 0 Å². The van der Waals surface area contributed by atoms with E-state index in [2.05, 4.69) is 11.8 Å². The summed E-state index contributed by atoms with van der Waals surface area (Å²) >= 11 is 0. The number of ether oxygens (including phenoxy) is 1. The normalized spacial score (nSPS) is 9.94. The predicted molar refractivity (Wildman–Crippen MR) is 71.4 cm³/mol. The molecule has 0 amide bonds. The molecule has 0 aromatic carbocycles. The average Bonchev–Trinajstić information content (AvgIpc) is 2.26.